The van der Waals surface area contributed by atoms with Gasteiger partial charge in [0.15, 0.2) is 0 Å². The number of phenolic OH excluding ortho intramolecular Hbond substituents is 2. The number of aliphatic hydroxyl groups excluding tert-OH is 2. The highest BCUT2D eigenvalue weighted by atomic mass is 35.5. The lowest BCUT2D eigenvalue weighted by atomic mass is 10.1. The average molecular weight is 564 g/mol. The van der Waals surface area contributed by atoms with Gasteiger partial charge in [-0.2, -0.15) is 0 Å². The van der Waals surface area contributed by atoms with E-state index in [4.69, 9.17) is 11.5 Å². The lowest BCUT2D eigenvalue weighted by molar-refractivity contribution is 0.174. The summed E-state index contributed by atoms with van der Waals surface area (Å²) < 4.78 is 0. The molecular weight excluding hydrogens is 526 g/mol. The molecule has 0 saturated heterocycles. The second-order valence-electron chi connectivity index (χ2n) is 7.49. The van der Waals surface area contributed by atoms with E-state index in [1.807, 2.05) is 0 Å². The maximum absolute atomic E-state index is 10.1. The molecule has 2 aromatic rings. The monoisotopic (exact) mass is 562 g/mol. The molecule has 34 heavy (non-hydrogen) atoms. The summed E-state index contributed by atoms with van der Waals surface area (Å²) in [7, 11) is 0. The summed E-state index contributed by atoms with van der Waals surface area (Å²) in [5.74, 6) is 0.0425. The molecule has 0 aliphatic heterocycles. The largest absolute Gasteiger partial charge is 0.506 e. The smallest absolute Gasteiger partial charge is 0.138 e. The van der Waals surface area contributed by atoms with Crippen LogP contribution in [0.2, 0.25) is 0 Å². The number of rotatable bonds is 13. The molecule has 0 radical (unpaired) electrons. The fraction of sp³-hybridized carbons (Fsp3) is 0.455. The average Bonchev–Trinajstić information content (AvgIpc) is 2.73. The number of nitrogen functional groups attached to an aromatic ring is 2. The van der Waals surface area contributed by atoms with Crippen LogP contribution in [0.4, 0.5) is 11.4 Å². The van der Waals surface area contributed by atoms with Crippen LogP contribution in [0.1, 0.15) is 49.0 Å². The Hall–Kier alpha value is -1.36. The van der Waals surface area contributed by atoms with Gasteiger partial charge in [-0.15, -0.1) is 49.6 Å². The SMILES string of the molecule is Cl.Cl.Cl.Cl.Nc1cc(C(O)CNCCCCCCNCC(O)c2ccc(O)c(N)c2)ccc1O. The van der Waals surface area contributed by atoms with Gasteiger partial charge in [0, 0.05) is 13.1 Å². The zero-order valence-electron chi connectivity index (χ0n) is 18.9. The highest BCUT2D eigenvalue weighted by molar-refractivity contribution is 5.86. The first-order chi connectivity index (χ1) is 14.4. The van der Waals surface area contributed by atoms with E-state index in [-0.39, 0.29) is 72.5 Å². The molecule has 0 aromatic heterocycles. The minimum absolute atomic E-state index is 0. The Balaban J connectivity index is -0.00000240. The summed E-state index contributed by atoms with van der Waals surface area (Å²) >= 11 is 0. The summed E-state index contributed by atoms with van der Waals surface area (Å²) in [6.07, 6.45) is 2.86. The first-order valence-electron chi connectivity index (χ1n) is 10.3. The molecule has 0 aliphatic carbocycles. The third-order valence-corrected chi connectivity index (χ3v) is 5.01. The predicted octanol–water partition coefficient (Wildman–Crippen LogP) is 3.46. The summed E-state index contributed by atoms with van der Waals surface area (Å²) in [6, 6.07) is 9.48. The molecule has 0 saturated carbocycles. The standard InChI is InChI=1S/C22H34N4O4.4ClH/c23-17-11-15(5-7-19(17)27)21(29)13-25-9-3-1-2-4-10-26-14-22(30)16-6-8-20(28)18(24)12-16;;;;/h5-8,11-12,21-22,25-30H,1-4,9-10,13-14,23-24H2;4*1H. The van der Waals surface area contributed by atoms with Crippen LogP contribution in [0.15, 0.2) is 36.4 Å². The van der Waals surface area contributed by atoms with Crippen molar-refractivity contribution in [3.05, 3.63) is 47.5 Å². The van der Waals surface area contributed by atoms with Gasteiger partial charge in [-0.1, -0.05) is 25.0 Å². The molecule has 0 fully saturated rings. The van der Waals surface area contributed by atoms with Gasteiger partial charge in [0.1, 0.15) is 11.5 Å². The van der Waals surface area contributed by atoms with Crippen molar-refractivity contribution in [1.29, 1.82) is 0 Å². The maximum Gasteiger partial charge on any atom is 0.138 e. The molecule has 12 heteroatoms. The first-order valence-corrected chi connectivity index (χ1v) is 10.3. The molecule has 10 N–H and O–H groups in total. The molecule has 0 spiro atoms. The number of halogens is 4. The van der Waals surface area contributed by atoms with Crippen molar-refractivity contribution in [3.8, 4) is 11.5 Å². The molecule has 0 aliphatic rings. The molecular formula is C22H38Cl4N4O4. The van der Waals surface area contributed by atoms with Crippen LogP contribution in [-0.4, -0.2) is 46.6 Å². The van der Waals surface area contributed by atoms with Gasteiger partial charge in [0.05, 0.1) is 23.6 Å². The minimum atomic E-state index is -0.660. The number of aromatic hydroxyl groups is 2. The highest BCUT2D eigenvalue weighted by Crippen LogP contribution is 2.24. The van der Waals surface area contributed by atoms with Crippen molar-refractivity contribution in [2.45, 2.75) is 37.9 Å². The van der Waals surface area contributed by atoms with Crippen molar-refractivity contribution in [2.75, 3.05) is 37.6 Å². The van der Waals surface area contributed by atoms with Crippen LogP contribution in [0.25, 0.3) is 0 Å². The van der Waals surface area contributed by atoms with E-state index >= 15 is 0 Å². The first kappa shape index (κ1) is 37.2. The number of anilines is 2. The number of hydrogen-bond acceptors (Lipinski definition) is 8. The maximum atomic E-state index is 10.1. The normalized spacial score (nSPS) is 11.7. The number of aliphatic hydroxyl groups is 2. The van der Waals surface area contributed by atoms with Gasteiger partial charge < -0.3 is 42.5 Å². The van der Waals surface area contributed by atoms with Crippen molar-refractivity contribution >= 4 is 61.0 Å². The lowest BCUT2D eigenvalue weighted by Crippen LogP contribution is -2.23. The van der Waals surface area contributed by atoms with E-state index in [2.05, 4.69) is 10.6 Å². The molecule has 198 valence electrons. The zero-order chi connectivity index (χ0) is 21.9. The number of nitrogens with one attached hydrogen (secondary N) is 2. The molecule has 0 amide bonds. The summed E-state index contributed by atoms with van der Waals surface area (Å²) in [4.78, 5) is 0. The Morgan fingerprint density at radius 3 is 1.29 bits per heavy atom. The zero-order valence-corrected chi connectivity index (χ0v) is 22.1. The van der Waals surface area contributed by atoms with E-state index in [9.17, 15) is 20.4 Å². The van der Waals surface area contributed by atoms with E-state index in [0.29, 0.717) is 24.2 Å². The third kappa shape index (κ3) is 12.9. The van der Waals surface area contributed by atoms with Gasteiger partial charge in [-0.05, 0) is 61.3 Å². The summed E-state index contributed by atoms with van der Waals surface area (Å²) in [6.45, 7) is 2.51. The van der Waals surface area contributed by atoms with Gasteiger partial charge in [0.25, 0.3) is 0 Å². The highest BCUT2D eigenvalue weighted by Gasteiger charge is 2.10. The van der Waals surface area contributed by atoms with E-state index in [0.717, 1.165) is 38.8 Å². The number of phenols is 2. The van der Waals surface area contributed by atoms with Crippen LogP contribution in [0.3, 0.4) is 0 Å². The molecule has 2 rings (SSSR count). The molecule has 2 aromatic carbocycles. The minimum Gasteiger partial charge on any atom is -0.506 e. The Bertz CT molecular complexity index is 740. The van der Waals surface area contributed by atoms with Crippen LogP contribution in [0.5, 0.6) is 11.5 Å². The van der Waals surface area contributed by atoms with Crippen LogP contribution >= 0.6 is 49.6 Å². The van der Waals surface area contributed by atoms with Gasteiger partial charge in [-0.25, -0.2) is 0 Å². The van der Waals surface area contributed by atoms with Gasteiger partial charge >= 0.3 is 0 Å². The van der Waals surface area contributed by atoms with E-state index < -0.39 is 12.2 Å². The molecule has 0 heterocycles. The number of nitrogens with two attached hydrogens (primary N) is 2. The quantitative estimate of drug-likeness (QED) is 0.104. The Morgan fingerprint density at radius 2 is 0.971 bits per heavy atom. The third-order valence-electron chi connectivity index (χ3n) is 5.01. The van der Waals surface area contributed by atoms with Gasteiger partial charge in [-0.3, -0.25) is 0 Å². The van der Waals surface area contributed by atoms with Crippen molar-refractivity contribution in [3.63, 3.8) is 0 Å². The molecule has 2 unspecified atom stereocenters. The van der Waals surface area contributed by atoms with Crippen LogP contribution < -0.4 is 22.1 Å². The number of unbranched alkanes of at least 4 members (excludes halogenated alkanes) is 3. The summed E-state index contributed by atoms with van der Waals surface area (Å²) in [5.41, 5.74) is 13.2. The van der Waals surface area contributed by atoms with Gasteiger partial charge in [0.2, 0.25) is 0 Å². The fourth-order valence-electron chi connectivity index (χ4n) is 3.13. The Morgan fingerprint density at radius 1 is 0.618 bits per heavy atom. The van der Waals surface area contributed by atoms with Crippen molar-refractivity contribution in [1.82, 2.24) is 10.6 Å². The fourth-order valence-corrected chi connectivity index (χ4v) is 3.13. The predicted molar refractivity (Wildman–Crippen MR) is 148 cm³/mol. The lowest BCUT2D eigenvalue weighted by Gasteiger charge is -2.14. The van der Waals surface area contributed by atoms with Crippen LogP contribution in [-0.2, 0) is 0 Å². The molecule has 8 nitrogen and oxygen atoms in total. The van der Waals surface area contributed by atoms with Crippen molar-refractivity contribution in [2.24, 2.45) is 0 Å². The second-order valence-corrected chi connectivity index (χ2v) is 7.49. The number of hydrogen-bond donors (Lipinski definition) is 8. The molecule has 0 bridgehead atoms. The van der Waals surface area contributed by atoms with E-state index in [1.54, 1.807) is 24.3 Å². The van der Waals surface area contributed by atoms with Crippen LogP contribution in [0, 0.1) is 0 Å². The second kappa shape index (κ2) is 19.9. The topological polar surface area (TPSA) is 157 Å². The van der Waals surface area contributed by atoms with Crippen molar-refractivity contribution < 1.29 is 20.4 Å². The Kier molecular flexibility index (Phi) is 21.8. The van der Waals surface area contributed by atoms with E-state index in [1.165, 1.54) is 12.1 Å². The summed E-state index contributed by atoms with van der Waals surface area (Å²) in [5, 5.41) is 45.6. The Labute approximate surface area is 226 Å². The molecule has 2 atom stereocenters. The number of benzene rings is 2.